The zero-order valence-corrected chi connectivity index (χ0v) is 12.7. The number of nitrogens with zero attached hydrogens (tertiary/aromatic N) is 2. The number of hydrogen-bond donors (Lipinski definition) is 2. The molecule has 0 fully saturated rings. The molecule has 20 heavy (non-hydrogen) atoms. The maximum absolute atomic E-state index is 12.0. The van der Waals surface area contributed by atoms with Crippen molar-refractivity contribution >= 4 is 21.6 Å². The molecule has 0 spiro atoms. The van der Waals surface area contributed by atoms with Crippen molar-refractivity contribution in [1.29, 1.82) is 0 Å². The van der Waals surface area contributed by atoms with Crippen LogP contribution in [0.3, 0.4) is 0 Å². The first kappa shape index (κ1) is 15.2. The van der Waals surface area contributed by atoms with E-state index in [1.54, 1.807) is 0 Å². The van der Waals surface area contributed by atoms with Gasteiger partial charge in [-0.25, -0.2) is 4.98 Å². The zero-order valence-electron chi connectivity index (χ0n) is 11.9. The van der Waals surface area contributed by atoms with E-state index in [2.05, 4.69) is 28.7 Å². The first-order valence-corrected chi connectivity index (χ1v) is 7.88. The molecule has 0 bridgehead atoms. The fourth-order valence-corrected chi connectivity index (χ4v) is 3.24. The Labute approximate surface area is 122 Å². The van der Waals surface area contributed by atoms with Gasteiger partial charge in [-0.3, -0.25) is 9.69 Å². The average Bonchev–Trinajstić information content (AvgIpc) is 2.89. The maximum Gasteiger partial charge on any atom is 0.268 e. The van der Waals surface area contributed by atoms with Crippen LogP contribution < -0.4 is 5.56 Å². The van der Waals surface area contributed by atoms with E-state index < -0.39 is 0 Å². The second-order valence-corrected chi connectivity index (χ2v) is 5.73. The number of rotatable bonds is 7. The van der Waals surface area contributed by atoms with E-state index in [1.165, 1.54) is 11.3 Å². The molecule has 0 aromatic carbocycles. The third kappa shape index (κ3) is 3.26. The third-order valence-corrected chi connectivity index (χ3v) is 4.47. The van der Waals surface area contributed by atoms with E-state index in [9.17, 15) is 9.90 Å². The summed E-state index contributed by atoms with van der Waals surface area (Å²) < 4.78 is 0.671. The van der Waals surface area contributed by atoms with Crippen molar-refractivity contribution in [2.24, 2.45) is 0 Å². The lowest BCUT2D eigenvalue weighted by Gasteiger charge is -2.29. The molecule has 2 rings (SSSR count). The Morgan fingerprint density at radius 1 is 1.45 bits per heavy atom. The van der Waals surface area contributed by atoms with Crippen LogP contribution in [0.2, 0.25) is 0 Å². The van der Waals surface area contributed by atoms with Gasteiger partial charge in [0.1, 0.15) is 10.5 Å². The molecule has 5 nitrogen and oxygen atoms in total. The summed E-state index contributed by atoms with van der Waals surface area (Å²) in [6.45, 7) is 5.54. The molecule has 0 aliphatic heterocycles. The molecule has 110 valence electrons. The minimum atomic E-state index is -0.0755. The van der Waals surface area contributed by atoms with Crippen LogP contribution in [0.5, 0.6) is 0 Å². The normalized spacial score (nSPS) is 11.8. The summed E-state index contributed by atoms with van der Waals surface area (Å²) in [6, 6.07) is 2.26. The van der Waals surface area contributed by atoms with Crippen LogP contribution in [-0.2, 0) is 6.54 Å². The van der Waals surface area contributed by atoms with Crippen LogP contribution in [0.15, 0.2) is 16.2 Å². The highest BCUT2D eigenvalue weighted by atomic mass is 32.1. The van der Waals surface area contributed by atoms with Gasteiger partial charge in [0, 0.05) is 12.6 Å². The molecule has 0 saturated heterocycles. The summed E-state index contributed by atoms with van der Waals surface area (Å²) in [5.41, 5.74) is 0.677. The van der Waals surface area contributed by atoms with Crippen LogP contribution in [-0.4, -0.2) is 39.2 Å². The maximum atomic E-state index is 12.0. The molecular formula is C14H21N3O2S. The fourth-order valence-electron chi connectivity index (χ4n) is 2.51. The molecule has 2 heterocycles. The fraction of sp³-hybridized carbons (Fsp3) is 0.571. The Hall–Kier alpha value is -1.24. The van der Waals surface area contributed by atoms with E-state index >= 15 is 0 Å². The summed E-state index contributed by atoms with van der Waals surface area (Å²) in [6.07, 6.45) is 2.03. The van der Waals surface area contributed by atoms with Gasteiger partial charge >= 0.3 is 0 Å². The third-order valence-electron chi connectivity index (χ3n) is 3.56. The van der Waals surface area contributed by atoms with Crippen LogP contribution in [0.25, 0.3) is 10.2 Å². The topological polar surface area (TPSA) is 69.2 Å². The van der Waals surface area contributed by atoms with Crippen LogP contribution in [0.1, 0.15) is 32.5 Å². The van der Waals surface area contributed by atoms with Crippen molar-refractivity contribution in [1.82, 2.24) is 14.9 Å². The van der Waals surface area contributed by atoms with E-state index in [1.807, 2.05) is 11.4 Å². The molecule has 0 radical (unpaired) electrons. The monoisotopic (exact) mass is 295 g/mol. The molecule has 2 N–H and O–H groups in total. The van der Waals surface area contributed by atoms with Crippen molar-refractivity contribution in [2.45, 2.75) is 39.3 Å². The second-order valence-electron chi connectivity index (χ2n) is 4.81. The Balaban J connectivity index is 2.25. The van der Waals surface area contributed by atoms with E-state index in [4.69, 9.17) is 0 Å². The van der Waals surface area contributed by atoms with Gasteiger partial charge < -0.3 is 10.1 Å². The van der Waals surface area contributed by atoms with E-state index in [-0.39, 0.29) is 12.2 Å². The van der Waals surface area contributed by atoms with Crippen molar-refractivity contribution in [3.63, 3.8) is 0 Å². The van der Waals surface area contributed by atoms with Crippen molar-refractivity contribution in [3.8, 4) is 0 Å². The largest absolute Gasteiger partial charge is 0.395 e. The van der Waals surface area contributed by atoms with Gasteiger partial charge in [0.05, 0.1) is 18.7 Å². The van der Waals surface area contributed by atoms with Gasteiger partial charge in [0.15, 0.2) is 0 Å². The number of aromatic nitrogens is 2. The number of fused-ring (bicyclic) bond motifs is 1. The molecule has 0 aliphatic rings. The van der Waals surface area contributed by atoms with Crippen LogP contribution in [0.4, 0.5) is 0 Å². The first-order chi connectivity index (χ1) is 9.69. The molecule has 6 heteroatoms. The van der Waals surface area contributed by atoms with Crippen molar-refractivity contribution in [2.75, 3.05) is 13.2 Å². The van der Waals surface area contributed by atoms with Gasteiger partial charge in [0.25, 0.3) is 5.56 Å². The van der Waals surface area contributed by atoms with Crippen molar-refractivity contribution < 1.29 is 5.11 Å². The minimum absolute atomic E-state index is 0.0755. The predicted octanol–water partition coefficient (Wildman–Crippen LogP) is 1.97. The zero-order chi connectivity index (χ0) is 14.5. The van der Waals surface area contributed by atoms with Gasteiger partial charge in [-0.2, -0.15) is 0 Å². The summed E-state index contributed by atoms with van der Waals surface area (Å²) in [4.78, 5) is 21.5. The smallest absolute Gasteiger partial charge is 0.268 e. The SMILES string of the molecule is CCC(CC)N(CCO)Cc1nc2ccsc2c(=O)[nH]1. The highest BCUT2D eigenvalue weighted by Gasteiger charge is 2.16. The highest BCUT2D eigenvalue weighted by Crippen LogP contribution is 2.15. The molecule has 0 aliphatic carbocycles. The van der Waals surface area contributed by atoms with Crippen LogP contribution >= 0.6 is 11.3 Å². The summed E-state index contributed by atoms with van der Waals surface area (Å²) in [7, 11) is 0. The lowest BCUT2D eigenvalue weighted by Crippen LogP contribution is -2.37. The lowest BCUT2D eigenvalue weighted by atomic mass is 10.1. The number of aliphatic hydroxyl groups is 1. The molecule has 0 amide bonds. The molecule has 2 aromatic rings. The molecule has 0 saturated carbocycles. The quantitative estimate of drug-likeness (QED) is 0.819. The molecule has 0 atom stereocenters. The number of aromatic amines is 1. The molecule has 2 aromatic heterocycles. The van der Waals surface area contributed by atoms with Gasteiger partial charge in [-0.15, -0.1) is 11.3 Å². The van der Waals surface area contributed by atoms with Gasteiger partial charge in [-0.05, 0) is 24.3 Å². The van der Waals surface area contributed by atoms with Gasteiger partial charge in [-0.1, -0.05) is 13.8 Å². The highest BCUT2D eigenvalue weighted by molar-refractivity contribution is 7.17. The number of thiophene rings is 1. The Bertz CT molecular complexity index is 604. The Morgan fingerprint density at radius 2 is 2.20 bits per heavy atom. The number of hydrogen-bond acceptors (Lipinski definition) is 5. The Morgan fingerprint density at radius 3 is 2.85 bits per heavy atom. The second kappa shape index (κ2) is 6.97. The summed E-state index contributed by atoms with van der Waals surface area (Å²) >= 11 is 1.41. The molecule has 0 unspecified atom stereocenters. The van der Waals surface area contributed by atoms with Crippen molar-refractivity contribution in [3.05, 3.63) is 27.6 Å². The lowest BCUT2D eigenvalue weighted by molar-refractivity contribution is 0.133. The Kier molecular flexibility index (Phi) is 5.28. The van der Waals surface area contributed by atoms with Crippen LogP contribution in [0, 0.1) is 0 Å². The summed E-state index contributed by atoms with van der Waals surface area (Å²) in [5.74, 6) is 0.668. The first-order valence-electron chi connectivity index (χ1n) is 7.00. The van der Waals surface area contributed by atoms with Gasteiger partial charge in [0.2, 0.25) is 0 Å². The van der Waals surface area contributed by atoms with E-state index in [0.717, 1.165) is 18.4 Å². The number of H-pyrrole nitrogens is 1. The standard InChI is InChI=1S/C14H21N3O2S/c1-3-10(4-2)17(6-7-18)9-12-15-11-5-8-20-13(11)14(19)16-12/h5,8,10,18H,3-4,6-7,9H2,1-2H3,(H,15,16,19). The molecular weight excluding hydrogens is 274 g/mol. The number of nitrogens with one attached hydrogen (secondary N) is 1. The average molecular weight is 295 g/mol. The summed E-state index contributed by atoms with van der Waals surface area (Å²) in [5, 5.41) is 11.1. The predicted molar refractivity (Wildman–Crippen MR) is 82.1 cm³/mol. The van der Waals surface area contributed by atoms with E-state index in [0.29, 0.717) is 29.7 Å². The minimum Gasteiger partial charge on any atom is -0.395 e. The number of aliphatic hydroxyl groups excluding tert-OH is 1.